The molecule has 0 bridgehead atoms. The lowest BCUT2D eigenvalue weighted by Crippen LogP contribution is -2.28. The number of benzene rings is 2. The van der Waals surface area contributed by atoms with Gasteiger partial charge in [-0.15, -0.1) is 0 Å². The summed E-state index contributed by atoms with van der Waals surface area (Å²) >= 11 is 3.36. The maximum absolute atomic E-state index is 13.1. The molecule has 0 amide bonds. The van der Waals surface area contributed by atoms with Crippen molar-refractivity contribution in [1.29, 1.82) is 0 Å². The second kappa shape index (κ2) is 10.7. The van der Waals surface area contributed by atoms with Crippen molar-refractivity contribution >= 4 is 39.2 Å². The molecule has 1 aliphatic rings. The number of aromatic hydroxyl groups is 2. The SMILES string of the molecule is CC(C)=CC[C@@H](OC(=O)/C=C\C(=O)c1ccc(C)c(Br)c1)C1=CC(=O)c2c(O)ccc(O)c2C1=O. The lowest BCUT2D eigenvalue weighted by atomic mass is 9.85. The lowest BCUT2D eigenvalue weighted by Gasteiger charge is -2.23. The molecule has 0 unspecified atom stereocenters. The van der Waals surface area contributed by atoms with Gasteiger partial charge in [0, 0.05) is 28.1 Å². The Morgan fingerprint density at radius 2 is 1.69 bits per heavy atom. The van der Waals surface area contributed by atoms with E-state index in [4.69, 9.17) is 4.74 Å². The maximum Gasteiger partial charge on any atom is 0.331 e. The van der Waals surface area contributed by atoms with E-state index in [2.05, 4.69) is 15.9 Å². The Bertz CT molecular complexity index is 1330. The summed E-state index contributed by atoms with van der Waals surface area (Å²) in [5.41, 5.74) is 1.42. The van der Waals surface area contributed by atoms with Gasteiger partial charge in [0.1, 0.15) is 17.6 Å². The van der Waals surface area contributed by atoms with Crippen molar-refractivity contribution in [2.75, 3.05) is 0 Å². The molecule has 2 aromatic rings. The largest absolute Gasteiger partial charge is 0.507 e. The Balaban J connectivity index is 1.87. The van der Waals surface area contributed by atoms with Gasteiger partial charge < -0.3 is 14.9 Å². The molecular weight excluding hydrogens is 516 g/mol. The Morgan fingerprint density at radius 1 is 1.03 bits per heavy atom. The van der Waals surface area contributed by atoms with Crippen molar-refractivity contribution in [1.82, 2.24) is 0 Å². The minimum absolute atomic E-state index is 0.0839. The summed E-state index contributed by atoms with van der Waals surface area (Å²) in [7, 11) is 0. The van der Waals surface area contributed by atoms with Crippen LogP contribution in [0.2, 0.25) is 0 Å². The lowest BCUT2D eigenvalue weighted by molar-refractivity contribution is -0.141. The first-order chi connectivity index (χ1) is 16.5. The van der Waals surface area contributed by atoms with Gasteiger partial charge in [0.05, 0.1) is 11.1 Å². The molecule has 1 atom stereocenters. The van der Waals surface area contributed by atoms with E-state index in [9.17, 15) is 29.4 Å². The Hall–Kier alpha value is -3.78. The second-order valence-corrected chi connectivity index (χ2v) is 9.11. The molecule has 8 heteroatoms. The average Bonchev–Trinajstić information content (AvgIpc) is 2.80. The van der Waals surface area contributed by atoms with Gasteiger partial charge in [0.2, 0.25) is 0 Å². The molecule has 0 saturated heterocycles. The van der Waals surface area contributed by atoms with E-state index in [0.717, 1.165) is 46.0 Å². The molecule has 0 radical (unpaired) electrons. The van der Waals surface area contributed by atoms with Crippen LogP contribution < -0.4 is 0 Å². The molecule has 0 spiro atoms. The molecule has 0 saturated carbocycles. The van der Waals surface area contributed by atoms with Crippen LogP contribution in [0.1, 0.15) is 56.9 Å². The van der Waals surface area contributed by atoms with Crippen molar-refractivity contribution in [3.8, 4) is 11.5 Å². The van der Waals surface area contributed by atoms with Crippen molar-refractivity contribution < 1.29 is 34.1 Å². The van der Waals surface area contributed by atoms with Crippen LogP contribution in [0.15, 0.2) is 70.3 Å². The number of hydrogen-bond acceptors (Lipinski definition) is 7. The Morgan fingerprint density at radius 3 is 2.31 bits per heavy atom. The van der Waals surface area contributed by atoms with E-state index >= 15 is 0 Å². The number of halogens is 1. The third kappa shape index (κ3) is 5.84. The number of ketones is 3. The summed E-state index contributed by atoms with van der Waals surface area (Å²) in [5.74, 6) is -3.64. The predicted molar refractivity (Wildman–Crippen MR) is 133 cm³/mol. The van der Waals surface area contributed by atoms with Gasteiger partial charge in [0.15, 0.2) is 17.3 Å². The highest BCUT2D eigenvalue weighted by atomic mass is 79.9. The number of aryl methyl sites for hydroxylation is 1. The zero-order valence-corrected chi connectivity index (χ0v) is 20.9. The van der Waals surface area contributed by atoms with E-state index < -0.39 is 40.9 Å². The maximum atomic E-state index is 13.1. The molecular formula is C27H23BrO7. The fourth-order valence-electron chi connectivity index (χ4n) is 3.47. The summed E-state index contributed by atoms with van der Waals surface area (Å²) in [5, 5.41) is 20.2. The zero-order valence-electron chi connectivity index (χ0n) is 19.3. The number of carbonyl (C=O) groups excluding carboxylic acids is 4. The minimum Gasteiger partial charge on any atom is -0.507 e. The van der Waals surface area contributed by atoms with Gasteiger partial charge in [-0.3, -0.25) is 14.4 Å². The second-order valence-electron chi connectivity index (χ2n) is 8.25. The first-order valence-electron chi connectivity index (χ1n) is 10.7. The average molecular weight is 539 g/mol. The van der Waals surface area contributed by atoms with Crippen LogP contribution in [0, 0.1) is 6.92 Å². The summed E-state index contributed by atoms with van der Waals surface area (Å²) in [4.78, 5) is 50.8. The van der Waals surface area contributed by atoms with Gasteiger partial charge in [-0.25, -0.2) is 4.79 Å². The molecule has 0 heterocycles. The van der Waals surface area contributed by atoms with Crippen LogP contribution in [0.5, 0.6) is 11.5 Å². The number of carbonyl (C=O) groups is 4. The molecule has 0 aromatic heterocycles. The van der Waals surface area contributed by atoms with Crippen LogP contribution >= 0.6 is 15.9 Å². The quantitative estimate of drug-likeness (QED) is 0.164. The number of esters is 1. The molecule has 3 rings (SSSR count). The number of hydrogen-bond donors (Lipinski definition) is 2. The highest BCUT2D eigenvalue weighted by Gasteiger charge is 2.35. The van der Waals surface area contributed by atoms with Crippen LogP contribution in [0.25, 0.3) is 0 Å². The van der Waals surface area contributed by atoms with Crippen molar-refractivity contribution in [3.63, 3.8) is 0 Å². The number of ether oxygens (including phenoxy) is 1. The first kappa shape index (κ1) is 25.8. The molecule has 0 aliphatic heterocycles. The van der Waals surface area contributed by atoms with Crippen LogP contribution in [0.4, 0.5) is 0 Å². The fraction of sp³-hybridized carbons (Fsp3) is 0.185. The van der Waals surface area contributed by atoms with E-state index in [-0.39, 0.29) is 23.1 Å². The van der Waals surface area contributed by atoms with E-state index in [1.54, 1.807) is 24.3 Å². The molecule has 1 aliphatic carbocycles. The third-order valence-corrected chi connectivity index (χ3v) is 6.21. The van der Waals surface area contributed by atoms with Crippen molar-refractivity contribution in [2.24, 2.45) is 0 Å². The summed E-state index contributed by atoms with van der Waals surface area (Å²) in [6, 6.07) is 7.26. The smallest absolute Gasteiger partial charge is 0.331 e. The van der Waals surface area contributed by atoms with E-state index in [1.165, 1.54) is 0 Å². The summed E-state index contributed by atoms with van der Waals surface area (Å²) in [6.45, 7) is 5.51. The monoisotopic (exact) mass is 538 g/mol. The minimum atomic E-state index is -1.16. The molecule has 180 valence electrons. The zero-order chi connectivity index (χ0) is 25.9. The highest BCUT2D eigenvalue weighted by Crippen LogP contribution is 2.36. The number of fused-ring (bicyclic) bond motifs is 1. The fourth-order valence-corrected chi connectivity index (χ4v) is 3.85. The van der Waals surface area contributed by atoms with Gasteiger partial charge in [-0.2, -0.15) is 0 Å². The summed E-state index contributed by atoms with van der Waals surface area (Å²) < 4.78 is 6.21. The van der Waals surface area contributed by atoms with Crippen molar-refractivity contribution in [2.45, 2.75) is 33.3 Å². The Labute approximate surface area is 210 Å². The van der Waals surface area contributed by atoms with E-state index in [1.807, 2.05) is 20.8 Å². The molecule has 35 heavy (non-hydrogen) atoms. The standard InChI is InChI=1S/C27H23BrO7/c1-14(2)4-10-23(17-13-22(32)25-20(30)7-8-21(31)26(25)27(17)34)35-24(33)11-9-19(29)16-6-5-15(3)18(28)12-16/h4-9,11-13,23,30-31H,10H2,1-3H3/b11-9-/t23-/m1/s1. The molecule has 7 nitrogen and oxygen atoms in total. The normalized spacial score (nSPS) is 13.8. The predicted octanol–water partition coefficient (Wildman–Crippen LogP) is 5.18. The topological polar surface area (TPSA) is 118 Å². The van der Waals surface area contributed by atoms with Gasteiger partial charge >= 0.3 is 5.97 Å². The number of allylic oxidation sites excluding steroid dienone is 3. The highest BCUT2D eigenvalue weighted by molar-refractivity contribution is 9.10. The van der Waals surface area contributed by atoms with E-state index in [0.29, 0.717) is 5.56 Å². The van der Waals surface area contributed by atoms with Gasteiger partial charge in [-0.05, 0) is 56.7 Å². The molecule has 2 aromatic carbocycles. The third-order valence-electron chi connectivity index (χ3n) is 5.36. The van der Waals surface area contributed by atoms with Crippen LogP contribution in [-0.2, 0) is 9.53 Å². The number of phenolic OH excluding ortho intramolecular Hbond substituents is 2. The number of rotatable bonds is 7. The van der Waals surface area contributed by atoms with Gasteiger partial charge in [0.25, 0.3) is 0 Å². The first-order valence-corrected chi connectivity index (χ1v) is 11.5. The van der Waals surface area contributed by atoms with Crippen LogP contribution in [0.3, 0.4) is 0 Å². The molecule has 2 N–H and O–H groups in total. The summed E-state index contributed by atoms with van der Waals surface area (Å²) in [6.07, 6.45) is 3.68. The molecule has 0 fully saturated rings. The number of Topliss-reactive ketones (excluding diaryl/α,β-unsaturated/α-hetero) is 1. The van der Waals surface area contributed by atoms with Gasteiger partial charge in [-0.1, -0.05) is 39.7 Å². The number of phenols is 2. The van der Waals surface area contributed by atoms with Crippen LogP contribution in [-0.4, -0.2) is 39.6 Å². The van der Waals surface area contributed by atoms with Crippen molar-refractivity contribution in [3.05, 3.63) is 92.5 Å². The Kier molecular flexibility index (Phi) is 7.86.